The van der Waals surface area contributed by atoms with Gasteiger partial charge in [-0.1, -0.05) is 66.2 Å². The summed E-state index contributed by atoms with van der Waals surface area (Å²) in [4.78, 5) is 50.0. The Morgan fingerprint density at radius 3 is 2.17 bits per heavy atom. The van der Waals surface area contributed by atoms with E-state index in [9.17, 15) is 24.3 Å². The van der Waals surface area contributed by atoms with Crippen LogP contribution in [-0.2, 0) is 23.9 Å². The van der Waals surface area contributed by atoms with Crippen molar-refractivity contribution in [1.29, 1.82) is 0 Å². The van der Waals surface area contributed by atoms with E-state index < -0.39 is 48.0 Å². The van der Waals surface area contributed by atoms with Gasteiger partial charge in [0.05, 0.1) is 6.42 Å². The van der Waals surface area contributed by atoms with E-state index in [4.69, 9.17) is 10.5 Å². The van der Waals surface area contributed by atoms with Crippen molar-refractivity contribution in [3.8, 4) is 0 Å². The molecule has 5 N–H and O–H groups in total. The second kappa shape index (κ2) is 15.8. The van der Waals surface area contributed by atoms with Gasteiger partial charge in [-0.3, -0.25) is 19.2 Å². The number of carbonyl (C=O) groups is 4. The monoisotopic (exact) mass is 497 g/mol. The first-order valence-corrected chi connectivity index (χ1v) is 13.3. The van der Waals surface area contributed by atoms with E-state index in [0.717, 1.165) is 57.8 Å². The first-order chi connectivity index (χ1) is 16.5. The SMILES string of the molecule is CCCC[C@H](C)[C@H](CC(=O)N[C@H](C(=O)N[C@@H](C)C(=O)O)C1CCCCC1)OC(=O)[C@H](N)[C@@H](C)CC. The number of rotatable bonds is 15. The summed E-state index contributed by atoms with van der Waals surface area (Å²) in [7, 11) is 0. The molecule has 1 fully saturated rings. The van der Waals surface area contributed by atoms with E-state index >= 15 is 0 Å². The van der Waals surface area contributed by atoms with Crippen molar-refractivity contribution in [2.45, 2.75) is 123 Å². The van der Waals surface area contributed by atoms with Crippen molar-refractivity contribution >= 4 is 23.8 Å². The van der Waals surface area contributed by atoms with Gasteiger partial charge in [-0.25, -0.2) is 0 Å². The minimum atomic E-state index is -1.14. The molecule has 1 aliphatic carbocycles. The molecule has 1 rings (SSSR count). The van der Waals surface area contributed by atoms with E-state index in [0.29, 0.717) is 0 Å². The van der Waals surface area contributed by atoms with E-state index in [-0.39, 0.29) is 24.2 Å². The average Bonchev–Trinajstić information content (AvgIpc) is 2.84. The van der Waals surface area contributed by atoms with Crippen LogP contribution in [0.25, 0.3) is 0 Å². The third-order valence-electron chi connectivity index (χ3n) is 7.28. The summed E-state index contributed by atoms with van der Waals surface area (Å²) in [6.07, 6.45) is 7.29. The second-order valence-electron chi connectivity index (χ2n) is 10.2. The van der Waals surface area contributed by atoms with Gasteiger partial charge in [0.15, 0.2) is 0 Å². The Labute approximate surface area is 210 Å². The minimum absolute atomic E-state index is 0.0430. The molecule has 0 unspecified atom stereocenters. The quantitative estimate of drug-likeness (QED) is 0.254. The number of unbranched alkanes of at least 4 members (excludes halogenated alkanes) is 1. The Kier molecular flexibility index (Phi) is 13.9. The molecule has 0 aromatic rings. The maximum atomic E-state index is 13.1. The average molecular weight is 498 g/mol. The summed E-state index contributed by atoms with van der Waals surface area (Å²) in [5, 5.41) is 14.5. The van der Waals surface area contributed by atoms with E-state index in [2.05, 4.69) is 17.6 Å². The number of hydrogen-bond acceptors (Lipinski definition) is 6. The van der Waals surface area contributed by atoms with Crippen molar-refractivity contribution in [2.24, 2.45) is 23.5 Å². The van der Waals surface area contributed by atoms with Crippen molar-refractivity contribution in [3.05, 3.63) is 0 Å². The zero-order valence-electron chi connectivity index (χ0n) is 22.2. The lowest BCUT2D eigenvalue weighted by Crippen LogP contribution is -2.54. The highest BCUT2D eigenvalue weighted by atomic mass is 16.5. The van der Waals surface area contributed by atoms with Gasteiger partial charge in [0.25, 0.3) is 0 Å². The first kappa shape index (κ1) is 30.9. The van der Waals surface area contributed by atoms with Crippen molar-refractivity contribution in [3.63, 3.8) is 0 Å². The molecule has 0 heterocycles. The predicted octanol–water partition coefficient (Wildman–Crippen LogP) is 3.14. The van der Waals surface area contributed by atoms with Crippen LogP contribution >= 0.6 is 0 Å². The molecule has 0 saturated heterocycles. The molecule has 9 heteroatoms. The highest BCUT2D eigenvalue weighted by Crippen LogP contribution is 2.27. The highest BCUT2D eigenvalue weighted by molar-refractivity contribution is 5.90. The summed E-state index contributed by atoms with van der Waals surface area (Å²) in [5.74, 6) is -2.70. The van der Waals surface area contributed by atoms with Crippen LogP contribution in [0.3, 0.4) is 0 Å². The van der Waals surface area contributed by atoms with Crippen LogP contribution in [0.15, 0.2) is 0 Å². The molecule has 35 heavy (non-hydrogen) atoms. The Morgan fingerprint density at radius 1 is 1.00 bits per heavy atom. The topological polar surface area (TPSA) is 148 Å². The normalized spacial score (nSPS) is 19.5. The van der Waals surface area contributed by atoms with Crippen LogP contribution in [0.1, 0.15) is 98.8 Å². The fraction of sp³-hybridized carbons (Fsp3) is 0.846. The molecular weight excluding hydrogens is 450 g/mol. The van der Waals surface area contributed by atoms with Crippen molar-refractivity contribution < 1.29 is 29.0 Å². The van der Waals surface area contributed by atoms with Gasteiger partial charge in [-0.15, -0.1) is 0 Å². The van der Waals surface area contributed by atoms with E-state index in [1.165, 1.54) is 6.92 Å². The first-order valence-electron chi connectivity index (χ1n) is 13.3. The Hall–Kier alpha value is -2.16. The fourth-order valence-electron chi connectivity index (χ4n) is 4.43. The molecule has 1 aliphatic rings. The van der Waals surface area contributed by atoms with Gasteiger partial charge in [-0.2, -0.15) is 0 Å². The molecular formula is C26H47N3O6. The number of esters is 1. The van der Waals surface area contributed by atoms with Crippen LogP contribution in [0.5, 0.6) is 0 Å². The Balaban J connectivity index is 2.97. The molecule has 0 spiro atoms. The van der Waals surface area contributed by atoms with Crippen LogP contribution in [0.2, 0.25) is 0 Å². The highest BCUT2D eigenvalue weighted by Gasteiger charge is 2.34. The largest absolute Gasteiger partial charge is 0.480 e. The lowest BCUT2D eigenvalue weighted by Gasteiger charge is -2.32. The minimum Gasteiger partial charge on any atom is -0.480 e. The van der Waals surface area contributed by atoms with Gasteiger partial charge < -0.3 is 26.2 Å². The molecule has 9 nitrogen and oxygen atoms in total. The smallest absolute Gasteiger partial charge is 0.325 e. The number of aliphatic carboxylic acids is 1. The maximum Gasteiger partial charge on any atom is 0.325 e. The van der Waals surface area contributed by atoms with Crippen LogP contribution < -0.4 is 16.4 Å². The van der Waals surface area contributed by atoms with Gasteiger partial charge in [0.2, 0.25) is 11.8 Å². The number of carboxylic acid groups (broad SMARTS) is 1. The lowest BCUT2D eigenvalue weighted by atomic mass is 9.83. The summed E-state index contributed by atoms with van der Waals surface area (Å²) in [5.41, 5.74) is 6.06. The van der Waals surface area contributed by atoms with Crippen molar-refractivity contribution in [1.82, 2.24) is 10.6 Å². The number of amides is 2. The molecule has 0 radical (unpaired) electrons. The van der Waals surface area contributed by atoms with Gasteiger partial charge in [0, 0.05) is 0 Å². The summed E-state index contributed by atoms with van der Waals surface area (Å²) in [6.45, 7) is 9.26. The number of carboxylic acids is 1. The predicted molar refractivity (Wildman–Crippen MR) is 134 cm³/mol. The molecule has 0 aliphatic heterocycles. The molecule has 6 atom stereocenters. The Morgan fingerprint density at radius 2 is 1.63 bits per heavy atom. The summed E-state index contributed by atoms with van der Waals surface area (Å²) < 4.78 is 5.75. The number of carbonyl (C=O) groups excluding carboxylic acids is 3. The molecule has 0 bridgehead atoms. The lowest BCUT2D eigenvalue weighted by molar-refractivity contribution is -0.156. The van der Waals surface area contributed by atoms with Gasteiger partial charge in [0.1, 0.15) is 24.2 Å². The van der Waals surface area contributed by atoms with Crippen molar-refractivity contribution in [2.75, 3.05) is 0 Å². The standard InChI is InChI=1S/C26H47N3O6/c1-6-8-12-17(4)20(35-26(34)22(27)16(3)7-2)15-21(30)29-23(19-13-10-9-11-14-19)24(31)28-18(5)25(32)33/h16-20,22-23H,6-15,27H2,1-5H3,(H,28,31)(H,29,30)(H,32,33)/t16-,17-,18-,20-,22+,23-/m0/s1. The molecule has 202 valence electrons. The third-order valence-corrected chi connectivity index (χ3v) is 7.28. The Bertz CT molecular complexity index is 695. The molecule has 0 aromatic carbocycles. The summed E-state index contributed by atoms with van der Waals surface area (Å²) >= 11 is 0. The van der Waals surface area contributed by atoms with Crippen LogP contribution in [-0.4, -0.2) is 53.1 Å². The zero-order chi connectivity index (χ0) is 26.5. The molecule has 2 amide bonds. The number of ether oxygens (including phenoxy) is 1. The van der Waals surface area contributed by atoms with Gasteiger partial charge in [-0.05, 0) is 43.9 Å². The van der Waals surface area contributed by atoms with Crippen LogP contribution in [0, 0.1) is 17.8 Å². The van der Waals surface area contributed by atoms with E-state index in [1.54, 1.807) is 0 Å². The third kappa shape index (κ3) is 10.5. The zero-order valence-corrected chi connectivity index (χ0v) is 22.2. The van der Waals surface area contributed by atoms with Crippen LogP contribution in [0.4, 0.5) is 0 Å². The summed E-state index contributed by atoms with van der Waals surface area (Å²) in [6, 6.07) is -2.65. The number of hydrogen-bond donors (Lipinski definition) is 4. The fourth-order valence-corrected chi connectivity index (χ4v) is 4.43. The maximum absolute atomic E-state index is 13.1. The number of nitrogens with two attached hydrogens (primary N) is 1. The molecule has 0 aromatic heterocycles. The van der Waals surface area contributed by atoms with Gasteiger partial charge >= 0.3 is 11.9 Å². The number of nitrogens with one attached hydrogen (secondary N) is 2. The van der Waals surface area contributed by atoms with E-state index in [1.807, 2.05) is 20.8 Å². The second-order valence-corrected chi connectivity index (χ2v) is 10.2. The molecule has 1 saturated carbocycles.